The number of amides is 1. The molecule has 0 saturated carbocycles. The molecule has 1 amide bonds. The van der Waals surface area contributed by atoms with E-state index in [2.05, 4.69) is 22.4 Å². The Morgan fingerprint density at radius 2 is 1.85 bits per heavy atom. The quantitative estimate of drug-likeness (QED) is 0.602. The monoisotopic (exact) mass is 386 g/mol. The van der Waals surface area contributed by atoms with Crippen LogP contribution < -0.4 is 5.32 Å². The lowest BCUT2D eigenvalue weighted by molar-refractivity contribution is -0.115. The fraction of sp³-hybridized carbons (Fsp3) is 0.211. The van der Waals surface area contributed by atoms with Gasteiger partial charge in [0.2, 0.25) is 5.91 Å². The summed E-state index contributed by atoms with van der Waals surface area (Å²) in [4.78, 5) is 12.1. The Labute approximate surface area is 161 Å². The molecular formula is C19H19ClN4OS. The molecule has 0 fully saturated rings. The first kappa shape index (κ1) is 18.5. The fourth-order valence-corrected chi connectivity index (χ4v) is 3.49. The molecule has 26 heavy (non-hydrogen) atoms. The van der Waals surface area contributed by atoms with Crippen LogP contribution in [0.4, 0.5) is 5.69 Å². The third-order valence-corrected chi connectivity index (χ3v) is 4.90. The number of anilines is 1. The number of nitrogens with one attached hydrogen (secondary N) is 1. The van der Waals surface area contributed by atoms with Crippen LogP contribution in [0.2, 0.25) is 5.02 Å². The van der Waals surface area contributed by atoms with Crippen molar-refractivity contribution < 1.29 is 4.79 Å². The van der Waals surface area contributed by atoms with Crippen molar-refractivity contribution >= 4 is 35.0 Å². The molecule has 7 heteroatoms. The molecule has 3 aromatic rings. The Kier molecular flexibility index (Phi) is 6.30. The summed E-state index contributed by atoms with van der Waals surface area (Å²) in [5.41, 5.74) is 1.77. The first-order chi connectivity index (χ1) is 12.7. The highest BCUT2D eigenvalue weighted by Gasteiger charge is 2.13. The number of thioether (sulfide) groups is 1. The predicted molar refractivity (Wildman–Crippen MR) is 106 cm³/mol. The number of aromatic nitrogens is 3. The van der Waals surface area contributed by atoms with Gasteiger partial charge in [0, 0.05) is 35.0 Å². The van der Waals surface area contributed by atoms with E-state index >= 15 is 0 Å². The Morgan fingerprint density at radius 1 is 1.12 bits per heavy atom. The van der Waals surface area contributed by atoms with Gasteiger partial charge in [-0.2, -0.15) is 0 Å². The van der Waals surface area contributed by atoms with Gasteiger partial charge in [0.25, 0.3) is 0 Å². The van der Waals surface area contributed by atoms with Crippen molar-refractivity contribution in [3.8, 4) is 5.69 Å². The minimum absolute atomic E-state index is 0.0405. The molecule has 0 aliphatic carbocycles. The number of nitrogens with zero attached hydrogens (tertiary/aromatic N) is 3. The Bertz CT molecular complexity index is 865. The van der Waals surface area contributed by atoms with E-state index < -0.39 is 0 Å². The van der Waals surface area contributed by atoms with E-state index in [0.717, 1.165) is 28.8 Å². The van der Waals surface area contributed by atoms with Crippen LogP contribution in [0.1, 0.15) is 19.2 Å². The Balaban J connectivity index is 1.61. The zero-order chi connectivity index (χ0) is 18.4. The standard InChI is InChI=1S/C19H19ClN4OS/c1-2-17-22-23-19(24(17)16-6-4-3-5-7-16)26-13-12-18(25)21-15-10-8-14(20)9-11-15/h3-11H,2,12-13H2,1H3,(H,21,25). The number of halogens is 1. The normalized spacial score (nSPS) is 10.7. The lowest BCUT2D eigenvalue weighted by Gasteiger charge is -2.09. The summed E-state index contributed by atoms with van der Waals surface area (Å²) in [7, 11) is 0. The first-order valence-corrected chi connectivity index (χ1v) is 9.71. The van der Waals surface area contributed by atoms with E-state index in [-0.39, 0.29) is 5.91 Å². The number of hydrogen-bond donors (Lipinski definition) is 1. The van der Waals surface area contributed by atoms with Gasteiger partial charge in [-0.1, -0.05) is 48.5 Å². The molecule has 1 aromatic heterocycles. The van der Waals surface area contributed by atoms with Crippen molar-refractivity contribution in [3.05, 3.63) is 65.4 Å². The number of benzene rings is 2. The predicted octanol–water partition coefficient (Wildman–Crippen LogP) is 4.60. The second-order valence-electron chi connectivity index (χ2n) is 5.58. The highest BCUT2D eigenvalue weighted by molar-refractivity contribution is 7.99. The largest absolute Gasteiger partial charge is 0.326 e. The molecule has 134 valence electrons. The molecule has 2 aromatic carbocycles. The minimum Gasteiger partial charge on any atom is -0.326 e. The van der Waals surface area contributed by atoms with Crippen LogP contribution in [-0.4, -0.2) is 26.4 Å². The second kappa shape index (κ2) is 8.87. The highest BCUT2D eigenvalue weighted by atomic mass is 35.5. The second-order valence-corrected chi connectivity index (χ2v) is 7.08. The summed E-state index contributed by atoms with van der Waals surface area (Å²) < 4.78 is 2.04. The molecule has 0 aliphatic rings. The van der Waals surface area contributed by atoms with Gasteiger partial charge in [0.05, 0.1) is 0 Å². The van der Waals surface area contributed by atoms with E-state index in [1.807, 2.05) is 34.9 Å². The van der Waals surface area contributed by atoms with E-state index in [9.17, 15) is 4.79 Å². The lowest BCUT2D eigenvalue weighted by Crippen LogP contribution is -2.12. The van der Waals surface area contributed by atoms with Crippen molar-refractivity contribution in [1.29, 1.82) is 0 Å². The molecule has 0 radical (unpaired) electrons. The molecule has 0 unspecified atom stereocenters. The molecule has 1 N–H and O–H groups in total. The van der Waals surface area contributed by atoms with Crippen LogP contribution in [0, 0.1) is 0 Å². The van der Waals surface area contributed by atoms with Crippen molar-refractivity contribution in [3.63, 3.8) is 0 Å². The molecule has 0 aliphatic heterocycles. The number of hydrogen-bond acceptors (Lipinski definition) is 4. The molecule has 1 heterocycles. The van der Waals surface area contributed by atoms with Gasteiger partial charge in [-0.05, 0) is 36.4 Å². The highest BCUT2D eigenvalue weighted by Crippen LogP contribution is 2.23. The van der Waals surface area contributed by atoms with E-state index in [0.29, 0.717) is 17.2 Å². The molecule has 5 nitrogen and oxygen atoms in total. The number of rotatable bonds is 7. The number of para-hydroxylation sites is 1. The van der Waals surface area contributed by atoms with Gasteiger partial charge in [0.1, 0.15) is 5.82 Å². The van der Waals surface area contributed by atoms with Crippen LogP contribution in [0.25, 0.3) is 5.69 Å². The summed E-state index contributed by atoms with van der Waals surface area (Å²) in [5.74, 6) is 1.49. The summed E-state index contributed by atoms with van der Waals surface area (Å²) in [6.07, 6.45) is 1.18. The van der Waals surface area contributed by atoms with Gasteiger partial charge in [-0.15, -0.1) is 10.2 Å². The molecule has 0 spiro atoms. The maximum atomic E-state index is 12.1. The van der Waals surface area contributed by atoms with Gasteiger partial charge in [0.15, 0.2) is 5.16 Å². The van der Waals surface area contributed by atoms with Crippen LogP contribution in [0.15, 0.2) is 59.8 Å². The SMILES string of the molecule is CCc1nnc(SCCC(=O)Nc2ccc(Cl)cc2)n1-c1ccccc1. The van der Waals surface area contributed by atoms with Gasteiger partial charge in [-0.3, -0.25) is 9.36 Å². The van der Waals surface area contributed by atoms with Crippen LogP contribution in [0.5, 0.6) is 0 Å². The lowest BCUT2D eigenvalue weighted by atomic mass is 10.3. The summed E-state index contributed by atoms with van der Waals surface area (Å²) >= 11 is 7.37. The fourth-order valence-electron chi connectivity index (χ4n) is 2.45. The first-order valence-electron chi connectivity index (χ1n) is 8.35. The zero-order valence-electron chi connectivity index (χ0n) is 14.4. The molecular weight excluding hydrogens is 368 g/mol. The minimum atomic E-state index is -0.0405. The van der Waals surface area contributed by atoms with Crippen LogP contribution in [-0.2, 0) is 11.2 Å². The summed E-state index contributed by atoms with van der Waals surface area (Å²) in [6.45, 7) is 2.05. The number of aryl methyl sites for hydroxylation is 1. The molecule has 0 saturated heterocycles. The van der Waals surface area contributed by atoms with Crippen molar-refractivity contribution in [2.45, 2.75) is 24.9 Å². The van der Waals surface area contributed by atoms with Crippen molar-refractivity contribution in [2.75, 3.05) is 11.1 Å². The summed E-state index contributed by atoms with van der Waals surface area (Å²) in [6, 6.07) is 17.1. The van der Waals surface area contributed by atoms with Gasteiger partial charge < -0.3 is 5.32 Å². The summed E-state index contributed by atoms with van der Waals surface area (Å²) in [5, 5.41) is 12.9. The van der Waals surface area contributed by atoms with Gasteiger partial charge in [-0.25, -0.2) is 0 Å². The van der Waals surface area contributed by atoms with Crippen LogP contribution in [0.3, 0.4) is 0 Å². The van der Waals surface area contributed by atoms with E-state index in [4.69, 9.17) is 11.6 Å². The average molecular weight is 387 g/mol. The maximum Gasteiger partial charge on any atom is 0.225 e. The maximum absolute atomic E-state index is 12.1. The Hall–Kier alpha value is -2.31. The third kappa shape index (κ3) is 4.65. The van der Waals surface area contributed by atoms with Gasteiger partial charge >= 0.3 is 0 Å². The molecule has 0 atom stereocenters. The average Bonchev–Trinajstić information content (AvgIpc) is 3.07. The molecule has 0 bridgehead atoms. The van der Waals surface area contributed by atoms with Crippen molar-refractivity contribution in [1.82, 2.24) is 14.8 Å². The number of carbonyl (C=O) groups excluding carboxylic acids is 1. The van der Waals surface area contributed by atoms with Crippen LogP contribution >= 0.6 is 23.4 Å². The Morgan fingerprint density at radius 3 is 2.54 bits per heavy atom. The smallest absolute Gasteiger partial charge is 0.225 e. The topological polar surface area (TPSA) is 59.8 Å². The zero-order valence-corrected chi connectivity index (χ0v) is 15.9. The van der Waals surface area contributed by atoms with E-state index in [1.165, 1.54) is 11.8 Å². The third-order valence-electron chi connectivity index (χ3n) is 3.72. The molecule has 3 rings (SSSR count). The van der Waals surface area contributed by atoms with E-state index in [1.54, 1.807) is 24.3 Å². The van der Waals surface area contributed by atoms with Crippen molar-refractivity contribution in [2.24, 2.45) is 0 Å². The number of carbonyl (C=O) groups is 1.